The Bertz CT molecular complexity index is 953. The summed E-state index contributed by atoms with van der Waals surface area (Å²) in [5.41, 5.74) is 0.147. The number of fused-ring (bicyclic) bond motifs is 1. The zero-order valence-electron chi connectivity index (χ0n) is 11.4. The molecule has 1 heterocycles. The number of nitrogens with zero attached hydrogens (tertiary/aromatic N) is 4. The van der Waals surface area contributed by atoms with Crippen molar-refractivity contribution in [2.45, 2.75) is 0 Å². The van der Waals surface area contributed by atoms with Crippen LogP contribution in [0.15, 0.2) is 49.1 Å². The lowest BCUT2D eigenvalue weighted by molar-refractivity contribution is 0.389. The summed E-state index contributed by atoms with van der Waals surface area (Å²) in [6, 6.07) is 10.1. The molecule has 2 aromatic carbocycles. The number of aromatic nitrogens is 3. The van der Waals surface area contributed by atoms with E-state index in [1.54, 1.807) is 30.3 Å². The van der Waals surface area contributed by atoms with E-state index < -0.39 is 10.4 Å². The quantitative estimate of drug-likeness (QED) is 0.564. The molecule has 1 aromatic heterocycles. The van der Waals surface area contributed by atoms with Gasteiger partial charge in [0.05, 0.1) is 0 Å². The van der Waals surface area contributed by atoms with E-state index in [9.17, 15) is 8.42 Å². The van der Waals surface area contributed by atoms with E-state index in [2.05, 4.69) is 15.0 Å². The maximum absolute atomic E-state index is 11.2. The average Bonchev–Trinajstić information content (AvgIpc) is 2.54. The number of anilines is 2. The van der Waals surface area contributed by atoms with E-state index in [0.717, 1.165) is 4.42 Å². The maximum atomic E-state index is 11.2. The Morgan fingerprint density at radius 1 is 1.09 bits per heavy atom. The summed E-state index contributed by atoms with van der Waals surface area (Å²) >= 11 is 6.19. The van der Waals surface area contributed by atoms with Gasteiger partial charge in [0.1, 0.15) is 18.3 Å². The summed E-state index contributed by atoms with van der Waals surface area (Å²) in [5.74, 6) is -0.0712. The van der Waals surface area contributed by atoms with Crippen LogP contribution in [0.5, 0.6) is 5.75 Å². The third-order valence-electron chi connectivity index (χ3n) is 2.91. The standard InChI is InChI=1S/C13H9ClN4O4S/c14-18(13-16-7-15-8-17-13)11-6-5-9-3-1-2-4-10(9)12(11)22-23(19,20)21/h1-8H,(H,19,20,21). The summed E-state index contributed by atoms with van der Waals surface area (Å²) in [5, 5.41) is 1.15. The van der Waals surface area contributed by atoms with Crippen molar-refractivity contribution in [2.24, 2.45) is 0 Å². The van der Waals surface area contributed by atoms with Gasteiger partial charge in [0.15, 0.2) is 5.75 Å². The first kappa shape index (κ1) is 15.4. The van der Waals surface area contributed by atoms with Crippen molar-refractivity contribution >= 4 is 44.6 Å². The Balaban J connectivity index is 2.22. The fourth-order valence-electron chi connectivity index (χ4n) is 2.02. The molecule has 0 radical (unpaired) electrons. The maximum Gasteiger partial charge on any atom is 0.446 e. The zero-order valence-corrected chi connectivity index (χ0v) is 12.9. The fraction of sp³-hybridized carbons (Fsp3) is 0. The first-order chi connectivity index (χ1) is 11.0. The fourth-order valence-corrected chi connectivity index (χ4v) is 2.63. The van der Waals surface area contributed by atoms with Crippen LogP contribution >= 0.6 is 11.8 Å². The van der Waals surface area contributed by atoms with Crippen LogP contribution in [0.3, 0.4) is 0 Å². The van der Waals surface area contributed by atoms with Gasteiger partial charge in [0.2, 0.25) is 5.95 Å². The van der Waals surface area contributed by atoms with Crippen molar-refractivity contribution < 1.29 is 17.2 Å². The molecule has 0 bridgehead atoms. The lowest BCUT2D eigenvalue weighted by atomic mass is 10.1. The van der Waals surface area contributed by atoms with Gasteiger partial charge in [0, 0.05) is 17.2 Å². The predicted octanol–water partition coefficient (Wildman–Crippen LogP) is 2.50. The molecule has 3 rings (SSSR count). The Hall–Kier alpha value is -2.49. The molecule has 0 aliphatic rings. The average molecular weight is 353 g/mol. The van der Waals surface area contributed by atoms with Crippen LogP contribution in [0, 0.1) is 0 Å². The van der Waals surface area contributed by atoms with Crippen LogP contribution in [0.1, 0.15) is 0 Å². The number of halogens is 1. The number of benzene rings is 2. The molecule has 0 unspecified atom stereocenters. The first-order valence-corrected chi connectivity index (χ1v) is 7.92. The van der Waals surface area contributed by atoms with Gasteiger partial charge >= 0.3 is 10.4 Å². The summed E-state index contributed by atoms with van der Waals surface area (Å²) in [4.78, 5) is 11.4. The molecular weight excluding hydrogens is 344 g/mol. The minimum atomic E-state index is -4.75. The van der Waals surface area contributed by atoms with E-state index in [-0.39, 0.29) is 17.4 Å². The SMILES string of the molecule is O=S(=O)(O)Oc1c(N(Cl)c2ncncn2)ccc2ccccc12. The van der Waals surface area contributed by atoms with E-state index in [1.807, 2.05) is 0 Å². The molecule has 0 amide bonds. The third kappa shape index (κ3) is 3.31. The van der Waals surface area contributed by atoms with Crippen LogP contribution in [-0.4, -0.2) is 27.9 Å². The van der Waals surface area contributed by atoms with E-state index in [4.69, 9.17) is 20.5 Å². The zero-order chi connectivity index (χ0) is 16.4. The molecular formula is C13H9ClN4O4S. The topological polar surface area (TPSA) is 106 Å². The van der Waals surface area contributed by atoms with Crippen molar-refractivity contribution in [2.75, 3.05) is 4.42 Å². The second-order valence-corrected chi connectivity index (χ2v) is 5.73. The molecule has 3 aromatic rings. The van der Waals surface area contributed by atoms with Crippen LogP contribution in [0.4, 0.5) is 11.6 Å². The summed E-state index contributed by atoms with van der Waals surface area (Å²) in [6.45, 7) is 0. The second-order valence-electron chi connectivity index (χ2n) is 4.37. The van der Waals surface area contributed by atoms with Gasteiger partial charge in [0.25, 0.3) is 0 Å². The van der Waals surface area contributed by atoms with Crippen LogP contribution in [-0.2, 0) is 10.4 Å². The highest BCUT2D eigenvalue weighted by atomic mass is 35.5. The van der Waals surface area contributed by atoms with Gasteiger partial charge in [-0.15, -0.1) is 0 Å². The van der Waals surface area contributed by atoms with Crippen LogP contribution < -0.4 is 8.60 Å². The molecule has 23 heavy (non-hydrogen) atoms. The Morgan fingerprint density at radius 3 is 2.48 bits per heavy atom. The Kier molecular flexibility index (Phi) is 3.99. The highest BCUT2D eigenvalue weighted by Crippen LogP contribution is 2.40. The van der Waals surface area contributed by atoms with Crippen molar-refractivity contribution in [1.82, 2.24) is 15.0 Å². The van der Waals surface area contributed by atoms with Crippen molar-refractivity contribution in [3.8, 4) is 5.75 Å². The summed E-state index contributed by atoms with van der Waals surface area (Å²) < 4.78 is 37.2. The monoisotopic (exact) mass is 352 g/mol. The van der Waals surface area contributed by atoms with E-state index in [1.165, 1.54) is 18.7 Å². The van der Waals surface area contributed by atoms with Gasteiger partial charge < -0.3 is 4.18 Å². The third-order valence-corrected chi connectivity index (χ3v) is 3.62. The minimum Gasteiger partial charge on any atom is -0.359 e. The van der Waals surface area contributed by atoms with Crippen LogP contribution in [0.25, 0.3) is 10.8 Å². The smallest absolute Gasteiger partial charge is 0.359 e. The van der Waals surface area contributed by atoms with Crippen molar-refractivity contribution in [3.63, 3.8) is 0 Å². The van der Waals surface area contributed by atoms with Gasteiger partial charge in [-0.1, -0.05) is 30.3 Å². The van der Waals surface area contributed by atoms with Gasteiger partial charge in [-0.25, -0.2) is 9.40 Å². The molecule has 0 spiro atoms. The molecule has 0 aliphatic carbocycles. The molecule has 10 heteroatoms. The second kappa shape index (κ2) is 5.95. The van der Waals surface area contributed by atoms with E-state index in [0.29, 0.717) is 10.8 Å². The highest BCUT2D eigenvalue weighted by molar-refractivity contribution is 7.81. The van der Waals surface area contributed by atoms with Gasteiger partial charge in [-0.2, -0.15) is 18.4 Å². The molecule has 0 fully saturated rings. The highest BCUT2D eigenvalue weighted by Gasteiger charge is 2.21. The summed E-state index contributed by atoms with van der Waals surface area (Å²) in [7, 11) is -4.75. The Labute approximate surface area is 136 Å². The summed E-state index contributed by atoms with van der Waals surface area (Å²) in [6.07, 6.45) is 2.48. The molecule has 0 atom stereocenters. The van der Waals surface area contributed by atoms with E-state index >= 15 is 0 Å². The Morgan fingerprint density at radius 2 is 1.78 bits per heavy atom. The predicted molar refractivity (Wildman–Crippen MR) is 83.9 cm³/mol. The molecule has 0 saturated heterocycles. The molecule has 118 valence electrons. The van der Waals surface area contributed by atoms with Crippen LogP contribution in [0.2, 0.25) is 0 Å². The lowest BCUT2D eigenvalue weighted by Crippen LogP contribution is -2.12. The number of rotatable bonds is 4. The largest absolute Gasteiger partial charge is 0.446 e. The minimum absolute atomic E-state index is 0.0668. The van der Waals surface area contributed by atoms with Crippen molar-refractivity contribution in [3.05, 3.63) is 49.1 Å². The molecule has 0 saturated carbocycles. The number of hydrogen-bond donors (Lipinski definition) is 1. The first-order valence-electron chi connectivity index (χ1n) is 6.22. The molecule has 0 aliphatic heterocycles. The molecule has 1 N–H and O–H groups in total. The number of hydrogen-bond acceptors (Lipinski definition) is 7. The molecule has 8 nitrogen and oxygen atoms in total. The lowest BCUT2D eigenvalue weighted by Gasteiger charge is -2.17. The van der Waals surface area contributed by atoms with Gasteiger partial charge in [-0.3, -0.25) is 4.55 Å². The normalized spacial score (nSPS) is 11.4. The van der Waals surface area contributed by atoms with Gasteiger partial charge in [-0.05, 0) is 11.5 Å². The van der Waals surface area contributed by atoms with Crippen molar-refractivity contribution in [1.29, 1.82) is 0 Å².